The van der Waals surface area contributed by atoms with Gasteiger partial charge in [0.1, 0.15) is 11.0 Å². The largest absolute Gasteiger partial charge is 0.388 e. The summed E-state index contributed by atoms with van der Waals surface area (Å²) in [4.78, 5) is 8.05. The van der Waals surface area contributed by atoms with Crippen molar-refractivity contribution in [2.75, 3.05) is 11.9 Å². The van der Waals surface area contributed by atoms with Crippen molar-refractivity contribution in [3.8, 4) is 0 Å². The van der Waals surface area contributed by atoms with Gasteiger partial charge in [-0.2, -0.15) is 0 Å². The van der Waals surface area contributed by atoms with Crippen LogP contribution in [0.4, 0.5) is 5.82 Å². The molecule has 0 radical (unpaired) electrons. The van der Waals surface area contributed by atoms with E-state index in [9.17, 15) is 5.11 Å². The minimum Gasteiger partial charge on any atom is -0.388 e. The second kappa shape index (κ2) is 5.02. The van der Waals surface area contributed by atoms with Gasteiger partial charge in [-0.1, -0.05) is 25.4 Å². The zero-order valence-electron chi connectivity index (χ0n) is 10.9. The first-order valence-electron chi connectivity index (χ1n) is 6.32. The lowest BCUT2D eigenvalue weighted by Crippen LogP contribution is -2.42. The highest BCUT2D eigenvalue weighted by Crippen LogP contribution is 2.40. The number of halogens is 1. The van der Waals surface area contributed by atoms with E-state index in [1.807, 2.05) is 0 Å². The molecular weight excluding hydrogens is 250 g/mol. The lowest BCUT2D eigenvalue weighted by Gasteiger charge is -2.40. The summed E-state index contributed by atoms with van der Waals surface area (Å²) in [6.07, 6.45) is 6.84. The summed E-state index contributed by atoms with van der Waals surface area (Å²) in [5.74, 6) is 0.612. The second-order valence-corrected chi connectivity index (χ2v) is 6.36. The zero-order chi connectivity index (χ0) is 13.2. The summed E-state index contributed by atoms with van der Waals surface area (Å²) in [6.45, 7) is 5.00. The summed E-state index contributed by atoms with van der Waals surface area (Å²) >= 11 is 5.76. The van der Waals surface area contributed by atoms with Crippen LogP contribution in [0.1, 0.15) is 39.5 Å². The van der Waals surface area contributed by atoms with Crippen molar-refractivity contribution in [2.24, 2.45) is 5.41 Å². The van der Waals surface area contributed by atoms with Crippen molar-refractivity contribution in [2.45, 2.75) is 45.1 Å². The number of hydrogen-bond acceptors (Lipinski definition) is 4. The minimum absolute atomic E-state index is 0.349. The third kappa shape index (κ3) is 3.56. The summed E-state index contributed by atoms with van der Waals surface area (Å²) in [7, 11) is 0. The number of rotatable bonds is 3. The van der Waals surface area contributed by atoms with Gasteiger partial charge in [0.05, 0.1) is 18.0 Å². The number of nitrogens with one attached hydrogen (secondary N) is 1. The van der Waals surface area contributed by atoms with Crippen molar-refractivity contribution in [3.05, 3.63) is 17.5 Å². The molecule has 0 atom stereocenters. The van der Waals surface area contributed by atoms with Gasteiger partial charge < -0.3 is 10.4 Å². The maximum Gasteiger partial charge on any atom is 0.149 e. The predicted octanol–water partition coefficient (Wildman–Crippen LogP) is 2.87. The van der Waals surface area contributed by atoms with Crippen LogP contribution in [0.15, 0.2) is 12.4 Å². The molecular formula is C13H20ClN3O. The quantitative estimate of drug-likeness (QED) is 0.886. The number of aliphatic hydroxyl groups is 1. The monoisotopic (exact) mass is 269 g/mol. The van der Waals surface area contributed by atoms with Crippen LogP contribution in [-0.4, -0.2) is 27.2 Å². The summed E-state index contributed by atoms with van der Waals surface area (Å²) in [5.41, 5.74) is -0.290. The van der Waals surface area contributed by atoms with E-state index in [0.29, 0.717) is 22.9 Å². The van der Waals surface area contributed by atoms with E-state index in [-0.39, 0.29) is 0 Å². The molecule has 5 heteroatoms. The molecule has 2 N–H and O–H groups in total. The fourth-order valence-corrected chi connectivity index (χ4v) is 2.40. The van der Waals surface area contributed by atoms with Gasteiger partial charge in [0.2, 0.25) is 0 Å². The van der Waals surface area contributed by atoms with Crippen LogP contribution in [0.2, 0.25) is 5.15 Å². The highest BCUT2D eigenvalue weighted by Gasteiger charge is 2.36. The van der Waals surface area contributed by atoms with Gasteiger partial charge in [-0.15, -0.1) is 0 Å². The van der Waals surface area contributed by atoms with E-state index in [2.05, 4.69) is 29.1 Å². The van der Waals surface area contributed by atoms with Crippen LogP contribution in [-0.2, 0) is 0 Å². The molecule has 0 saturated heterocycles. The molecule has 1 saturated carbocycles. The maximum absolute atomic E-state index is 10.5. The van der Waals surface area contributed by atoms with Gasteiger partial charge in [-0.3, -0.25) is 4.98 Å². The van der Waals surface area contributed by atoms with Crippen LogP contribution in [0.25, 0.3) is 0 Å². The molecule has 2 rings (SSSR count). The molecule has 1 aliphatic rings. The van der Waals surface area contributed by atoms with Crippen molar-refractivity contribution in [1.29, 1.82) is 0 Å². The van der Waals surface area contributed by atoms with Gasteiger partial charge in [0.25, 0.3) is 0 Å². The number of nitrogens with zero attached hydrogens (tertiary/aromatic N) is 2. The number of anilines is 1. The zero-order valence-corrected chi connectivity index (χ0v) is 11.7. The molecule has 1 aromatic heterocycles. The number of aromatic nitrogens is 2. The first kappa shape index (κ1) is 13.6. The lowest BCUT2D eigenvalue weighted by atomic mass is 9.71. The Balaban J connectivity index is 1.90. The smallest absolute Gasteiger partial charge is 0.149 e. The molecule has 1 aromatic rings. The highest BCUT2D eigenvalue weighted by molar-refractivity contribution is 6.29. The first-order valence-corrected chi connectivity index (χ1v) is 6.70. The van der Waals surface area contributed by atoms with Crippen molar-refractivity contribution in [3.63, 3.8) is 0 Å². The van der Waals surface area contributed by atoms with Gasteiger partial charge in [-0.25, -0.2) is 4.98 Å². The Morgan fingerprint density at radius 3 is 2.56 bits per heavy atom. The first-order chi connectivity index (χ1) is 8.39. The molecule has 100 valence electrons. The standard InChI is InChI=1S/C13H20ClN3O/c1-12(2)3-5-13(18,6-4-12)9-16-11-8-15-7-10(14)17-11/h7-8,18H,3-6,9H2,1-2H3,(H,16,17). The van der Waals surface area contributed by atoms with E-state index in [0.717, 1.165) is 25.7 Å². The van der Waals surface area contributed by atoms with Crippen LogP contribution in [0.3, 0.4) is 0 Å². The Kier molecular flexibility index (Phi) is 3.78. The SMILES string of the molecule is CC1(C)CCC(O)(CNc2cncc(Cl)n2)CC1. The Hall–Kier alpha value is -0.870. The van der Waals surface area contributed by atoms with Gasteiger partial charge in [0.15, 0.2) is 0 Å². The molecule has 18 heavy (non-hydrogen) atoms. The molecule has 0 bridgehead atoms. The van der Waals surface area contributed by atoms with Crippen molar-refractivity contribution < 1.29 is 5.11 Å². The summed E-state index contributed by atoms with van der Waals surface area (Å²) < 4.78 is 0. The third-order valence-electron chi connectivity index (χ3n) is 3.74. The van der Waals surface area contributed by atoms with Crippen LogP contribution in [0.5, 0.6) is 0 Å². The van der Waals surface area contributed by atoms with Gasteiger partial charge in [-0.05, 0) is 31.1 Å². The highest BCUT2D eigenvalue weighted by atomic mass is 35.5. The molecule has 1 heterocycles. The third-order valence-corrected chi connectivity index (χ3v) is 3.92. The van der Waals surface area contributed by atoms with Gasteiger partial charge >= 0.3 is 0 Å². The Morgan fingerprint density at radius 1 is 1.28 bits per heavy atom. The summed E-state index contributed by atoms with van der Waals surface area (Å²) in [6, 6.07) is 0. The number of hydrogen-bond donors (Lipinski definition) is 2. The molecule has 4 nitrogen and oxygen atoms in total. The molecule has 1 aliphatic carbocycles. The van der Waals surface area contributed by atoms with E-state index in [1.165, 1.54) is 6.20 Å². The Morgan fingerprint density at radius 2 is 1.94 bits per heavy atom. The molecule has 0 aliphatic heterocycles. The van der Waals surface area contributed by atoms with Crippen LogP contribution < -0.4 is 5.32 Å². The van der Waals surface area contributed by atoms with Crippen LogP contribution in [0, 0.1) is 5.41 Å². The van der Waals surface area contributed by atoms with Crippen molar-refractivity contribution >= 4 is 17.4 Å². The van der Waals surface area contributed by atoms with E-state index < -0.39 is 5.60 Å². The normalized spacial score (nSPS) is 21.6. The average molecular weight is 270 g/mol. The molecule has 1 fully saturated rings. The Bertz CT molecular complexity index is 412. The molecule has 0 unspecified atom stereocenters. The molecule has 0 amide bonds. The molecule has 0 aromatic carbocycles. The Labute approximate surface area is 113 Å². The van der Waals surface area contributed by atoms with Crippen molar-refractivity contribution in [1.82, 2.24) is 9.97 Å². The van der Waals surface area contributed by atoms with E-state index in [4.69, 9.17) is 11.6 Å². The average Bonchev–Trinajstić information content (AvgIpc) is 2.32. The summed E-state index contributed by atoms with van der Waals surface area (Å²) in [5, 5.41) is 14.0. The topological polar surface area (TPSA) is 58.0 Å². The molecule has 0 spiro atoms. The van der Waals surface area contributed by atoms with E-state index >= 15 is 0 Å². The fraction of sp³-hybridized carbons (Fsp3) is 0.692. The fourth-order valence-electron chi connectivity index (χ4n) is 2.25. The predicted molar refractivity (Wildman–Crippen MR) is 72.7 cm³/mol. The lowest BCUT2D eigenvalue weighted by molar-refractivity contribution is -0.0145. The second-order valence-electron chi connectivity index (χ2n) is 5.97. The maximum atomic E-state index is 10.5. The van der Waals surface area contributed by atoms with Crippen LogP contribution >= 0.6 is 11.6 Å². The minimum atomic E-state index is -0.639. The van der Waals surface area contributed by atoms with Gasteiger partial charge in [0, 0.05) is 6.54 Å². The van der Waals surface area contributed by atoms with E-state index in [1.54, 1.807) is 6.20 Å².